The van der Waals surface area contributed by atoms with Gasteiger partial charge >= 0.3 is 5.97 Å². The molecular weight excluding hydrogens is 843 g/mol. The molecule has 6 heterocycles. The highest BCUT2D eigenvalue weighted by Crippen LogP contribution is 2.43. The molecule has 4 aliphatic heterocycles. The summed E-state index contributed by atoms with van der Waals surface area (Å²) < 4.78 is 46.9. The lowest BCUT2D eigenvalue weighted by molar-refractivity contribution is 0.0694. The van der Waals surface area contributed by atoms with Crippen LogP contribution in [0.5, 0.6) is 11.5 Å². The number of carboxylic acid groups (broad SMARTS) is 1. The van der Waals surface area contributed by atoms with Gasteiger partial charge in [0.15, 0.2) is 34.5 Å². The molecule has 65 heavy (non-hydrogen) atoms. The monoisotopic (exact) mass is 898 g/mol. The Morgan fingerprint density at radius 3 is 1.98 bits per heavy atom. The molecule has 0 radical (unpaired) electrons. The lowest BCUT2D eigenvalue weighted by Crippen LogP contribution is -2.52. The summed E-state index contributed by atoms with van der Waals surface area (Å²) in [5, 5.41) is 27.0. The summed E-state index contributed by atoms with van der Waals surface area (Å²) in [6.07, 6.45) is 8.44. The van der Waals surface area contributed by atoms with Crippen LogP contribution in [0.15, 0.2) is 50.2 Å². The Bertz CT molecular complexity index is 2720. The van der Waals surface area contributed by atoms with Gasteiger partial charge in [-0.15, -0.1) is 0 Å². The molecule has 0 spiro atoms. The number of nitrogens with two attached hydrogens (primary N) is 2. The van der Waals surface area contributed by atoms with Crippen LogP contribution in [0.25, 0.3) is 21.8 Å². The molecule has 2 fully saturated rings. The largest absolute Gasteiger partial charge is 0.487 e. The quantitative estimate of drug-likeness (QED) is 0.0709. The Morgan fingerprint density at radius 2 is 1.35 bits per heavy atom. The maximum atomic E-state index is 15.7. The van der Waals surface area contributed by atoms with E-state index in [1.54, 1.807) is 10.8 Å². The molecule has 2 atom stereocenters. The number of hydrogen-bond acceptors (Lipinski definition) is 10. The number of guanidine groups is 2. The van der Waals surface area contributed by atoms with Crippen LogP contribution in [0.3, 0.4) is 0 Å². The number of unbranched alkanes of at least 4 members (excludes halogenated alkanes) is 4. The van der Waals surface area contributed by atoms with Gasteiger partial charge in [-0.3, -0.25) is 20.0 Å². The summed E-state index contributed by atoms with van der Waals surface area (Å²) >= 11 is 0. The lowest BCUT2D eigenvalue weighted by Gasteiger charge is -2.39. The minimum absolute atomic E-state index is 0.0131. The number of halogens is 2. The van der Waals surface area contributed by atoms with Crippen LogP contribution in [-0.2, 0) is 0 Å². The standard InChI is InChI=1S/C45H56F2N12O6/c1-26-24-64-41-36-29(34(60)9-11-58(26)36)21-32(46)38(41)55-14-12-54(13-15-55)35(49)20-28(48)8-6-4-3-5-7-10-52-44(50)53-45(51)57-18-16-56(17-19-57)39-33(47)22-30-37-42(39)65-25-27(2)59(37)23-31(40(30)61)43(62)63/h9,11,21-23,26-27,48-49H,3-8,10,12-20,24-25H2,1-2H3,(H,62,63)(H4,50,51,52,53)/t26-,27+/m1/s1. The van der Waals surface area contributed by atoms with Crippen molar-refractivity contribution >= 4 is 62.6 Å². The zero-order valence-electron chi connectivity index (χ0n) is 36.7. The average molecular weight is 899 g/mol. The number of aromatic carboxylic acids is 1. The predicted molar refractivity (Wildman–Crippen MR) is 247 cm³/mol. The van der Waals surface area contributed by atoms with E-state index >= 15 is 8.78 Å². The van der Waals surface area contributed by atoms with Gasteiger partial charge in [0, 0.05) is 89.5 Å². The highest BCUT2D eigenvalue weighted by Gasteiger charge is 2.33. The van der Waals surface area contributed by atoms with Gasteiger partial charge in [0.2, 0.25) is 11.4 Å². The lowest BCUT2D eigenvalue weighted by atomic mass is 10.1. The Labute approximate surface area is 373 Å². The molecule has 20 heteroatoms. The molecule has 4 aromatic rings. The van der Waals surface area contributed by atoms with E-state index in [1.165, 1.54) is 18.3 Å². The number of nitrogens with zero attached hydrogens (tertiary/aromatic N) is 8. The summed E-state index contributed by atoms with van der Waals surface area (Å²) in [5.41, 5.74) is 13.0. The van der Waals surface area contributed by atoms with Gasteiger partial charge in [-0.1, -0.05) is 19.3 Å². The summed E-state index contributed by atoms with van der Waals surface area (Å²) in [6.45, 7) is 8.45. The number of carbonyl (C=O) groups is 1. The number of piperazine rings is 2. The van der Waals surface area contributed by atoms with Crippen molar-refractivity contribution in [3.05, 3.63) is 68.2 Å². The molecular formula is C45H56F2N12O6. The third kappa shape index (κ3) is 9.02. The first-order valence-electron chi connectivity index (χ1n) is 22.3. The third-order valence-corrected chi connectivity index (χ3v) is 12.8. The van der Waals surface area contributed by atoms with E-state index in [2.05, 4.69) is 9.98 Å². The van der Waals surface area contributed by atoms with Crippen molar-refractivity contribution in [1.82, 2.24) is 18.9 Å². The van der Waals surface area contributed by atoms with Crippen LogP contribution in [0.1, 0.15) is 81.2 Å². The van der Waals surface area contributed by atoms with Gasteiger partial charge in [-0.05, 0) is 45.2 Å². The van der Waals surface area contributed by atoms with Crippen LogP contribution in [-0.4, -0.2) is 126 Å². The molecule has 18 nitrogen and oxygen atoms in total. The van der Waals surface area contributed by atoms with E-state index in [-0.39, 0.29) is 59.3 Å². The number of aromatic nitrogens is 2. The number of ether oxygens (including phenoxy) is 2. The fourth-order valence-electron chi connectivity index (χ4n) is 9.26. The molecule has 7 N–H and O–H groups in total. The number of aliphatic imine (C=N–C) groups is 2. The highest BCUT2D eigenvalue weighted by molar-refractivity contribution is 6.01. The number of amidine groups is 1. The molecule has 0 saturated carbocycles. The maximum absolute atomic E-state index is 15.7. The van der Waals surface area contributed by atoms with Crippen LogP contribution in [0, 0.1) is 22.5 Å². The fourth-order valence-corrected chi connectivity index (χ4v) is 9.26. The van der Waals surface area contributed by atoms with Gasteiger partial charge in [0.1, 0.15) is 36.0 Å². The molecule has 8 rings (SSSR count). The van der Waals surface area contributed by atoms with Crippen LogP contribution in [0.4, 0.5) is 20.2 Å². The third-order valence-electron chi connectivity index (χ3n) is 12.8. The predicted octanol–water partition coefficient (Wildman–Crippen LogP) is 4.50. The first-order valence-corrected chi connectivity index (χ1v) is 22.3. The molecule has 4 aliphatic rings. The first kappa shape index (κ1) is 44.9. The van der Waals surface area contributed by atoms with E-state index in [0.29, 0.717) is 111 Å². The van der Waals surface area contributed by atoms with Crippen molar-refractivity contribution in [3.63, 3.8) is 0 Å². The second-order valence-corrected chi connectivity index (χ2v) is 17.3. The summed E-state index contributed by atoms with van der Waals surface area (Å²) in [4.78, 5) is 53.5. The Balaban J connectivity index is 0.733. The number of anilines is 2. The van der Waals surface area contributed by atoms with E-state index in [0.717, 1.165) is 38.2 Å². The Kier molecular flexibility index (Phi) is 13.0. The fraction of sp³-hybridized carbons (Fsp3) is 0.489. The minimum Gasteiger partial charge on any atom is -0.487 e. The Hall–Kier alpha value is -6.73. The first-order chi connectivity index (χ1) is 31.2. The van der Waals surface area contributed by atoms with Crippen molar-refractivity contribution in [2.75, 3.05) is 81.9 Å². The number of hydrogen-bond donors (Lipinski definition) is 5. The molecule has 2 aromatic carbocycles. The van der Waals surface area contributed by atoms with Crippen molar-refractivity contribution < 1.29 is 28.2 Å². The highest BCUT2D eigenvalue weighted by atomic mass is 19.1. The van der Waals surface area contributed by atoms with E-state index in [4.69, 9.17) is 31.8 Å². The topological polar surface area (TPSA) is 237 Å². The van der Waals surface area contributed by atoms with E-state index in [9.17, 15) is 19.5 Å². The SMILES string of the molecule is C[C@@H]1COc2c(N3CCN(C(=N)CC(=N)CCCCCCCN=C(N)N=C(N)N4CCN(c5c(F)cc6c(=O)c(C(=O)O)cn7c6c5OC[C@@H]7C)CC4)CC3)c(F)cc3c(=O)ccn1c23. The van der Waals surface area contributed by atoms with Crippen molar-refractivity contribution in [2.45, 2.75) is 70.9 Å². The number of nitrogens with one attached hydrogen (secondary N) is 2. The molecule has 2 aromatic heterocycles. The van der Waals surface area contributed by atoms with Gasteiger partial charge in [-0.2, -0.15) is 4.99 Å². The number of carboxylic acids is 1. The molecule has 0 bridgehead atoms. The molecule has 0 amide bonds. The summed E-state index contributed by atoms with van der Waals surface area (Å²) in [6, 6.07) is 3.63. The number of rotatable bonds is 13. The van der Waals surface area contributed by atoms with Crippen LogP contribution in [0.2, 0.25) is 0 Å². The normalized spacial score (nSPS) is 18.8. The summed E-state index contributed by atoms with van der Waals surface area (Å²) in [5.74, 6) is -1.26. The maximum Gasteiger partial charge on any atom is 0.341 e. The van der Waals surface area contributed by atoms with Crippen LogP contribution >= 0.6 is 0 Å². The van der Waals surface area contributed by atoms with Gasteiger partial charge in [0.25, 0.3) is 0 Å². The minimum atomic E-state index is -1.37. The number of pyridine rings is 2. The summed E-state index contributed by atoms with van der Waals surface area (Å²) in [7, 11) is 0. The zero-order valence-corrected chi connectivity index (χ0v) is 36.7. The van der Waals surface area contributed by atoms with Crippen molar-refractivity contribution in [2.24, 2.45) is 21.5 Å². The molecule has 2 saturated heterocycles. The second kappa shape index (κ2) is 18.8. The molecule has 346 valence electrons. The van der Waals surface area contributed by atoms with Crippen molar-refractivity contribution in [1.29, 1.82) is 10.8 Å². The average Bonchev–Trinajstić information content (AvgIpc) is 3.28. The Morgan fingerprint density at radius 1 is 0.800 bits per heavy atom. The van der Waals surface area contributed by atoms with E-state index < -0.39 is 28.6 Å². The smallest absolute Gasteiger partial charge is 0.341 e. The van der Waals surface area contributed by atoms with Gasteiger partial charge in [-0.25, -0.2) is 13.6 Å². The van der Waals surface area contributed by atoms with Crippen LogP contribution < -0.4 is 41.6 Å². The van der Waals surface area contributed by atoms with Crippen molar-refractivity contribution in [3.8, 4) is 11.5 Å². The van der Waals surface area contributed by atoms with E-state index in [1.807, 2.05) is 38.0 Å². The van der Waals surface area contributed by atoms with Gasteiger partial charge in [0.05, 0.1) is 33.9 Å². The number of benzene rings is 2. The second-order valence-electron chi connectivity index (χ2n) is 17.3. The zero-order chi connectivity index (χ0) is 46.1. The van der Waals surface area contributed by atoms with Gasteiger partial charge < -0.3 is 60.2 Å². The molecule has 0 unspecified atom stereocenters. The molecule has 0 aliphatic carbocycles.